The number of hydrogen-bond acceptors (Lipinski definition) is 41. The average Bonchev–Trinajstić information content (AvgIpc) is 1.05. The zero-order valence-electron chi connectivity index (χ0n) is 65.3. The summed E-state index contributed by atoms with van der Waals surface area (Å²) in [5.41, 5.74) is -2.60. The second-order valence-electron chi connectivity index (χ2n) is 28.2. The Morgan fingerprint density at radius 2 is 0.684 bits per heavy atom. The highest BCUT2D eigenvalue weighted by molar-refractivity contribution is 7.52. The van der Waals surface area contributed by atoms with Gasteiger partial charge in [-0.25, -0.2) is 0 Å². The summed E-state index contributed by atoms with van der Waals surface area (Å²) in [7, 11) is -24.5. The molecule has 4 fully saturated rings. The van der Waals surface area contributed by atoms with E-state index >= 15 is 0 Å². The molecule has 44 nitrogen and oxygen atoms in total. The maximum absolute atomic E-state index is 13.7. The first-order valence-corrected chi connectivity index (χ1v) is 45.6. The molecule has 0 aliphatic carbocycles. The van der Waals surface area contributed by atoms with Crippen LogP contribution in [0.1, 0.15) is 144 Å². The van der Waals surface area contributed by atoms with Crippen LogP contribution in [0.3, 0.4) is 0 Å². The fourth-order valence-electron chi connectivity index (χ4n) is 11.8. The van der Waals surface area contributed by atoms with E-state index in [9.17, 15) is 108 Å². The SMILES string of the molecule is CC(=O)N[C@H]1C(O)[C@@H](O)C(CO)O[C@H]1OCCCCCCOP(=O)([O-])OCCCOCC(COCCCOP(=O)([O-])OCCCCCCO[C@@H]1OC(CO)[C@H](O)C(O)[C@@H]1NC(C)=O)(COCCCOP(=O)([O-])OCCCCCCO[C@@H]1OC(CO)[C@H](O)C(O)[C@@H]1NC(C)=O)COP(=O)([O-])OC[C@H]1O[C@@H](C)CC1OP(=O)([O-])C(C)C. The predicted octanol–water partition coefficient (Wildman–Crippen LogP) is -2.71. The van der Waals surface area contributed by atoms with E-state index in [1.807, 2.05) is 0 Å². The van der Waals surface area contributed by atoms with Crippen molar-refractivity contribution in [2.45, 2.75) is 260 Å². The van der Waals surface area contributed by atoms with Gasteiger partial charge in [-0.1, -0.05) is 52.4 Å². The molecule has 0 bridgehead atoms. The van der Waals surface area contributed by atoms with Gasteiger partial charge in [0.05, 0.1) is 110 Å². The summed E-state index contributed by atoms with van der Waals surface area (Å²) in [5, 5.41) is 98.4. The lowest BCUT2D eigenvalue weighted by Gasteiger charge is -2.42. The van der Waals surface area contributed by atoms with E-state index in [1.54, 1.807) is 6.92 Å². The molecule has 114 heavy (non-hydrogen) atoms. The first kappa shape index (κ1) is 105. The van der Waals surface area contributed by atoms with E-state index in [0.717, 1.165) is 0 Å². The molecule has 0 radical (unpaired) electrons. The van der Waals surface area contributed by atoms with Gasteiger partial charge in [-0.3, -0.25) is 32.6 Å². The molecule has 4 aliphatic rings. The van der Waals surface area contributed by atoms with E-state index in [4.69, 9.17) is 88.1 Å². The largest absolute Gasteiger partial charge is 0.778 e. The molecular weight excluding hydrogens is 1630 g/mol. The van der Waals surface area contributed by atoms with Crippen LogP contribution in [0.5, 0.6) is 0 Å². The molecule has 4 saturated heterocycles. The first-order chi connectivity index (χ1) is 53.8. The minimum absolute atomic E-state index is 0.0669. The van der Waals surface area contributed by atoms with Crippen molar-refractivity contribution in [3.05, 3.63) is 0 Å². The summed E-state index contributed by atoms with van der Waals surface area (Å²) < 4.78 is 168. The number of rotatable bonds is 63. The van der Waals surface area contributed by atoms with Crippen molar-refractivity contribution in [2.75, 3.05) is 132 Å². The molecule has 0 aromatic carbocycles. The Bertz CT molecular complexity index is 2730. The third-order valence-corrected chi connectivity index (χ3v) is 23.7. The van der Waals surface area contributed by atoms with E-state index in [1.165, 1.54) is 34.6 Å². The van der Waals surface area contributed by atoms with Gasteiger partial charge in [-0.2, -0.15) is 0 Å². The van der Waals surface area contributed by atoms with Gasteiger partial charge >= 0.3 is 0 Å². The monoisotopic (exact) mass is 1750 g/mol. The van der Waals surface area contributed by atoms with Gasteiger partial charge in [0, 0.05) is 72.5 Å². The van der Waals surface area contributed by atoms with Gasteiger partial charge < -0.3 is 179 Å². The lowest BCUT2D eigenvalue weighted by Crippen LogP contribution is -2.64. The molecule has 23 atom stereocenters. The third-order valence-electron chi connectivity index (χ3n) is 18.0. The summed E-state index contributed by atoms with van der Waals surface area (Å²) in [4.78, 5) is 100.0. The Labute approximate surface area is 663 Å². The number of amides is 3. The number of nitrogens with one attached hydrogen (secondary N) is 3. The normalized spacial score (nSPS) is 30.0. The number of carbonyl (C=O) groups is 3. The van der Waals surface area contributed by atoms with Crippen LogP contribution < -0.4 is 40.4 Å². The Morgan fingerprint density at radius 3 is 0.974 bits per heavy atom. The van der Waals surface area contributed by atoms with Crippen LogP contribution in [0, 0.1) is 5.41 Å². The molecule has 12 unspecified atom stereocenters. The average molecular weight is 1760 g/mol. The zero-order valence-corrected chi connectivity index (χ0v) is 69.7. The molecule has 4 heterocycles. The molecule has 672 valence electrons. The standard InChI is InChI=1S/C65H126N3O41P5/c1-43(2)110(81,82)109-48-34-44(3)105-52(48)38-103-114(89,90)104-42-65(39-91-22-19-31-100-111(83,84)97-28-16-10-7-13-25-94-62-53(66-45(4)72)59(78)56(75)49(35-69)106-62,40-92-23-20-32-101-112(85,86)98-29-17-11-8-14-26-95-63-54(67-46(5)73)60(79)57(76)50(36-70)107-63)41-93-24-21-33-102-113(87,88)99-30-18-12-9-15-27-96-64-55(68-47(6)74)61(80)58(77)51(37-71)108-64/h43-44,48-64,69-71,75-80H,7-42H2,1-6H3,(H,66,72)(H,67,73)(H,68,74)(H,81,82)(H,83,84)(H,85,86)(H,87,88)(H,89,90)/p-5/t44-,48?,49?,50?,51?,52+,53-,54-,55-,56-,57-,58-,59?,60?,61?,62+,63+,64+,65?/m0/s1. The second kappa shape index (κ2) is 54.0. The smallest absolute Gasteiger partial charge is 0.267 e. The number of hydrogen-bond donors (Lipinski definition) is 12. The number of aliphatic hydroxyl groups is 9. The molecular formula is C65H121N3O41P5-5. The molecule has 12 N–H and O–H groups in total. The van der Waals surface area contributed by atoms with Crippen molar-refractivity contribution < 1.29 is 196 Å². The van der Waals surface area contributed by atoms with Gasteiger partial charge in [0.15, 0.2) is 18.9 Å². The van der Waals surface area contributed by atoms with Gasteiger partial charge in [0.25, 0.3) is 31.3 Å². The molecule has 0 spiro atoms. The maximum atomic E-state index is 13.7. The molecule has 0 aromatic rings. The Balaban J connectivity index is 1.35. The first-order valence-electron chi connectivity index (χ1n) is 38.1. The number of unbranched alkanes of at least 4 members (excludes halogenated alkanes) is 9. The van der Waals surface area contributed by atoms with Crippen LogP contribution in [-0.2, 0) is 125 Å². The lowest BCUT2D eigenvalue weighted by atomic mass is 9.92. The highest BCUT2D eigenvalue weighted by Crippen LogP contribution is 2.48. The third kappa shape index (κ3) is 40.0. The summed E-state index contributed by atoms with van der Waals surface area (Å²) >= 11 is 0. The topological polar surface area (TPSA) is 645 Å². The summed E-state index contributed by atoms with van der Waals surface area (Å²) in [6.45, 7) is 0.271. The predicted molar refractivity (Wildman–Crippen MR) is 383 cm³/mol. The van der Waals surface area contributed by atoms with Crippen LogP contribution in [0.15, 0.2) is 0 Å². The fraction of sp³-hybridized carbons (Fsp3) is 0.954. The van der Waals surface area contributed by atoms with Crippen molar-refractivity contribution in [1.82, 2.24) is 16.0 Å². The molecule has 49 heteroatoms. The van der Waals surface area contributed by atoms with E-state index < -0.39 is 251 Å². The number of ether oxygens (including phenoxy) is 10. The molecule has 0 saturated carbocycles. The minimum atomic E-state index is -5.40. The number of aliphatic hydroxyl groups excluding tert-OH is 9. The fourth-order valence-corrected chi connectivity index (χ4v) is 15.8. The number of carbonyl (C=O) groups excluding carboxylic acids is 3. The molecule has 0 aromatic heterocycles. The Morgan fingerprint density at radius 1 is 0.395 bits per heavy atom. The number of phosphoric acid groups is 4. The van der Waals surface area contributed by atoms with Crippen molar-refractivity contribution >= 4 is 56.6 Å². The van der Waals surface area contributed by atoms with Crippen molar-refractivity contribution in [3.63, 3.8) is 0 Å². The van der Waals surface area contributed by atoms with Crippen molar-refractivity contribution in [3.8, 4) is 0 Å². The highest BCUT2D eigenvalue weighted by atomic mass is 31.2. The molecule has 3 amide bonds. The summed E-state index contributed by atoms with van der Waals surface area (Å²) in [5.74, 6) is -1.57. The quantitative estimate of drug-likeness (QED) is 0.0218. The Hall–Kier alpha value is -1.76. The van der Waals surface area contributed by atoms with E-state index in [2.05, 4.69) is 16.0 Å². The summed E-state index contributed by atoms with van der Waals surface area (Å²) in [6, 6.07) is -3.38. The minimum Gasteiger partial charge on any atom is -0.778 e. The molecule has 4 aliphatic heterocycles. The van der Waals surface area contributed by atoms with E-state index in [-0.39, 0.29) is 104 Å². The van der Waals surface area contributed by atoms with Gasteiger partial charge in [0.2, 0.25) is 17.7 Å². The van der Waals surface area contributed by atoms with Crippen LogP contribution >= 0.6 is 38.9 Å². The Kier molecular flexibility index (Phi) is 49.5. The maximum Gasteiger partial charge on any atom is 0.267 e. The highest BCUT2D eigenvalue weighted by Gasteiger charge is 2.48. The van der Waals surface area contributed by atoms with E-state index in [0.29, 0.717) is 57.8 Å². The van der Waals surface area contributed by atoms with Crippen molar-refractivity contribution in [2.24, 2.45) is 5.41 Å². The van der Waals surface area contributed by atoms with Crippen molar-refractivity contribution in [1.29, 1.82) is 0 Å². The zero-order chi connectivity index (χ0) is 84.7. The van der Waals surface area contributed by atoms with Crippen LogP contribution in [0.25, 0.3) is 0 Å². The van der Waals surface area contributed by atoms with Crippen LogP contribution in [0.2, 0.25) is 0 Å². The van der Waals surface area contributed by atoms with Crippen LogP contribution in [-0.4, -0.2) is 312 Å². The number of phosphoric ester groups is 4. The van der Waals surface area contributed by atoms with Gasteiger partial charge in [0.1, 0.15) is 86.8 Å². The van der Waals surface area contributed by atoms with Gasteiger partial charge in [-0.15, -0.1) is 0 Å². The second-order valence-corrected chi connectivity index (χ2v) is 36.2. The van der Waals surface area contributed by atoms with Gasteiger partial charge in [-0.05, 0) is 64.7 Å². The summed E-state index contributed by atoms with van der Waals surface area (Å²) in [6.07, 6.45) is -14.3. The molecule has 4 rings (SSSR count). The lowest BCUT2D eigenvalue weighted by molar-refractivity contribution is -0.270. The van der Waals surface area contributed by atoms with Crippen LogP contribution in [0.4, 0.5) is 0 Å².